The van der Waals surface area contributed by atoms with Gasteiger partial charge in [0.05, 0.1) is 0 Å². The zero-order valence-electron chi connectivity index (χ0n) is 12.3. The van der Waals surface area contributed by atoms with Gasteiger partial charge in [0.2, 0.25) is 0 Å². The topological polar surface area (TPSA) is 51.9 Å². The fourth-order valence-electron chi connectivity index (χ4n) is 2.99. The van der Waals surface area contributed by atoms with Crippen molar-refractivity contribution in [3.05, 3.63) is 61.3 Å². The summed E-state index contributed by atoms with van der Waals surface area (Å²) in [6, 6.07) is 6.40. The molecule has 2 N–H and O–H groups in total. The van der Waals surface area contributed by atoms with E-state index in [2.05, 4.69) is 46.9 Å². The van der Waals surface area contributed by atoms with Crippen LogP contribution in [0.5, 0.6) is 0 Å². The molecule has 1 aromatic carbocycles. The van der Waals surface area contributed by atoms with Crippen molar-refractivity contribution in [2.24, 2.45) is 0 Å². The van der Waals surface area contributed by atoms with Crippen LogP contribution in [0.2, 0.25) is 0 Å². The van der Waals surface area contributed by atoms with Crippen LogP contribution < -0.4 is 5.56 Å². The molecule has 0 spiro atoms. The van der Waals surface area contributed by atoms with Crippen LogP contribution in [0.3, 0.4) is 0 Å². The molecule has 0 amide bonds. The Hall–Kier alpha value is -1.72. The highest BCUT2D eigenvalue weighted by Gasteiger charge is 2.20. The highest BCUT2D eigenvalue weighted by Crippen LogP contribution is 2.20. The lowest BCUT2D eigenvalue weighted by Gasteiger charge is -2.29. The number of fused-ring (bicyclic) bond motifs is 1. The van der Waals surface area contributed by atoms with E-state index in [-0.39, 0.29) is 5.56 Å². The summed E-state index contributed by atoms with van der Waals surface area (Å²) in [5.41, 5.74) is 5.78. The van der Waals surface area contributed by atoms with Gasteiger partial charge in [0, 0.05) is 30.9 Å². The average molecular weight is 301 g/mol. The molecule has 0 aliphatic carbocycles. The minimum absolute atomic E-state index is 0.0412. The molecule has 0 atom stereocenters. The maximum Gasteiger partial charge on any atom is 0.255 e. The van der Waals surface area contributed by atoms with Crippen molar-refractivity contribution < 1.29 is 0 Å². The van der Waals surface area contributed by atoms with Crippen molar-refractivity contribution in [1.82, 2.24) is 14.9 Å². The number of H-pyrrole nitrogens is 2. The Morgan fingerprint density at radius 2 is 1.95 bits per heavy atom. The maximum absolute atomic E-state index is 11.9. The lowest BCUT2D eigenvalue weighted by molar-refractivity contribution is 0.239. The Morgan fingerprint density at radius 3 is 2.67 bits per heavy atom. The Kier molecular flexibility index (Phi) is 3.78. The number of aromatic amines is 2. The second-order valence-corrected chi connectivity index (χ2v) is 6.10. The smallest absolute Gasteiger partial charge is 0.255 e. The molecule has 5 heteroatoms. The first-order chi connectivity index (χ1) is 10.0. The number of hydrogen-bond donors (Lipinski definition) is 2. The van der Waals surface area contributed by atoms with Crippen LogP contribution in [0, 0.1) is 18.6 Å². The molecule has 2 aromatic rings. The molecular weight excluding hydrogens is 282 g/mol. The molecule has 21 heavy (non-hydrogen) atoms. The van der Waals surface area contributed by atoms with E-state index in [1.54, 1.807) is 0 Å². The summed E-state index contributed by atoms with van der Waals surface area (Å²) in [7, 11) is 0. The normalized spacial score (nSPS) is 15.0. The molecule has 4 nitrogen and oxygen atoms in total. The Morgan fingerprint density at radius 1 is 1.24 bits per heavy atom. The maximum atomic E-state index is 11.9. The summed E-state index contributed by atoms with van der Waals surface area (Å²) >= 11 is 5.07. The number of nitrogens with one attached hydrogen (secondary N) is 2. The average Bonchev–Trinajstić information content (AvgIpc) is 2.42. The van der Waals surface area contributed by atoms with Gasteiger partial charge in [0.15, 0.2) is 4.77 Å². The molecule has 1 aliphatic heterocycles. The van der Waals surface area contributed by atoms with E-state index in [9.17, 15) is 4.79 Å². The van der Waals surface area contributed by atoms with Gasteiger partial charge in [-0.15, -0.1) is 0 Å². The lowest BCUT2D eigenvalue weighted by atomic mass is 10.0. The molecule has 0 saturated carbocycles. The van der Waals surface area contributed by atoms with Crippen molar-refractivity contribution in [2.45, 2.75) is 33.4 Å². The number of benzene rings is 1. The fourth-order valence-corrected chi connectivity index (χ4v) is 3.20. The number of hydrogen-bond acceptors (Lipinski definition) is 3. The standard InChI is InChI=1S/C16H19N3OS/c1-10-4-3-5-11(2)13(10)8-19-7-6-12-14(9-19)17-16(21)18-15(12)20/h3-5H,6-9H2,1-2H3,(H2,17,18,20,21). The van der Waals surface area contributed by atoms with Gasteiger partial charge in [-0.25, -0.2) is 0 Å². The number of aromatic nitrogens is 2. The van der Waals surface area contributed by atoms with Crippen LogP contribution in [0.15, 0.2) is 23.0 Å². The van der Waals surface area contributed by atoms with Gasteiger partial charge >= 0.3 is 0 Å². The Labute approximate surface area is 128 Å². The van der Waals surface area contributed by atoms with E-state index in [0.717, 1.165) is 37.3 Å². The first kappa shape index (κ1) is 14.2. The second-order valence-electron chi connectivity index (χ2n) is 5.70. The third kappa shape index (κ3) is 2.84. The van der Waals surface area contributed by atoms with Crippen LogP contribution in [0.1, 0.15) is 27.9 Å². The lowest BCUT2D eigenvalue weighted by Crippen LogP contribution is -2.35. The third-order valence-corrected chi connectivity index (χ3v) is 4.42. The van der Waals surface area contributed by atoms with Crippen molar-refractivity contribution in [2.75, 3.05) is 6.54 Å². The van der Waals surface area contributed by atoms with Crippen molar-refractivity contribution in [1.29, 1.82) is 0 Å². The minimum Gasteiger partial charge on any atom is -0.334 e. The van der Waals surface area contributed by atoms with E-state index >= 15 is 0 Å². The molecule has 110 valence electrons. The number of nitrogens with zero attached hydrogens (tertiary/aromatic N) is 1. The highest BCUT2D eigenvalue weighted by atomic mass is 32.1. The van der Waals surface area contributed by atoms with Gasteiger partial charge < -0.3 is 4.98 Å². The van der Waals surface area contributed by atoms with Crippen LogP contribution >= 0.6 is 12.2 Å². The van der Waals surface area contributed by atoms with E-state index in [1.807, 2.05) is 0 Å². The first-order valence-corrected chi connectivity index (χ1v) is 7.57. The SMILES string of the molecule is Cc1cccc(C)c1CN1CCc2c([nH]c(=S)[nH]c2=O)C1. The predicted octanol–water partition coefficient (Wildman–Crippen LogP) is 2.61. The van der Waals surface area contributed by atoms with Crippen LogP contribution in [-0.4, -0.2) is 21.4 Å². The molecule has 0 bridgehead atoms. The minimum atomic E-state index is -0.0412. The van der Waals surface area contributed by atoms with Gasteiger partial charge in [-0.2, -0.15) is 0 Å². The summed E-state index contributed by atoms with van der Waals surface area (Å²) in [4.78, 5) is 20.1. The molecule has 0 saturated heterocycles. The van der Waals surface area contributed by atoms with Crippen LogP contribution in [0.4, 0.5) is 0 Å². The molecule has 0 radical (unpaired) electrons. The molecule has 2 heterocycles. The van der Waals surface area contributed by atoms with Crippen LogP contribution in [0.25, 0.3) is 0 Å². The van der Waals surface area contributed by atoms with E-state index in [0.29, 0.717) is 4.77 Å². The Balaban J connectivity index is 1.87. The van der Waals surface area contributed by atoms with Crippen LogP contribution in [-0.2, 0) is 19.5 Å². The highest BCUT2D eigenvalue weighted by molar-refractivity contribution is 7.71. The predicted molar refractivity (Wildman–Crippen MR) is 86.0 cm³/mol. The van der Waals surface area contributed by atoms with Gasteiger partial charge in [-0.05, 0) is 49.2 Å². The summed E-state index contributed by atoms with van der Waals surface area (Å²) in [5, 5.41) is 0. The van der Waals surface area contributed by atoms with Gasteiger partial charge in [0.25, 0.3) is 5.56 Å². The fraction of sp³-hybridized carbons (Fsp3) is 0.375. The molecule has 1 aliphatic rings. The van der Waals surface area contributed by atoms with E-state index in [1.165, 1.54) is 16.7 Å². The number of aryl methyl sites for hydroxylation is 2. The largest absolute Gasteiger partial charge is 0.334 e. The van der Waals surface area contributed by atoms with Gasteiger partial charge in [-0.3, -0.25) is 14.7 Å². The summed E-state index contributed by atoms with van der Waals surface area (Å²) < 4.78 is 0.410. The zero-order valence-corrected chi connectivity index (χ0v) is 13.1. The second kappa shape index (κ2) is 5.58. The first-order valence-electron chi connectivity index (χ1n) is 7.16. The molecule has 3 rings (SSSR count). The van der Waals surface area contributed by atoms with Gasteiger partial charge in [-0.1, -0.05) is 18.2 Å². The summed E-state index contributed by atoms with van der Waals surface area (Å²) in [6.45, 7) is 6.85. The monoisotopic (exact) mass is 301 g/mol. The summed E-state index contributed by atoms with van der Waals surface area (Å²) in [6.07, 6.45) is 0.766. The van der Waals surface area contributed by atoms with E-state index in [4.69, 9.17) is 12.2 Å². The quantitative estimate of drug-likeness (QED) is 0.838. The van der Waals surface area contributed by atoms with Crippen molar-refractivity contribution >= 4 is 12.2 Å². The third-order valence-electron chi connectivity index (χ3n) is 4.22. The summed E-state index contributed by atoms with van der Waals surface area (Å²) in [5.74, 6) is 0. The molecule has 0 unspecified atom stereocenters. The van der Waals surface area contributed by atoms with Gasteiger partial charge in [0.1, 0.15) is 0 Å². The molecule has 1 aromatic heterocycles. The van der Waals surface area contributed by atoms with Crippen molar-refractivity contribution in [3.63, 3.8) is 0 Å². The molecule has 0 fully saturated rings. The number of rotatable bonds is 2. The molecular formula is C16H19N3OS. The van der Waals surface area contributed by atoms with E-state index < -0.39 is 0 Å². The van der Waals surface area contributed by atoms with Crippen molar-refractivity contribution in [3.8, 4) is 0 Å². The Bertz CT molecular complexity index is 771. The zero-order chi connectivity index (χ0) is 15.0.